The predicted molar refractivity (Wildman–Crippen MR) is 173 cm³/mol. The fraction of sp³-hybridized carbons (Fsp3) is 0.485. The molecule has 228 valence electrons. The van der Waals surface area contributed by atoms with Gasteiger partial charge >= 0.3 is 5.97 Å². The molecule has 1 heterocycles. The average molecular weight is 613 g/mol. The van der Waals surface area contributed by atoms with Gasteiger partial charge in [0.1, 0.15) is 12.1 Å². The second kappa shape index (κ2) is 17.4. The summed E-state index contributed by atoms with van der Waals surface area (Å²) in [6, 6.07) is 6.99. The number of hydrogen-bond acceptors (Lipinski definition) is 7. The highest BCUT2D eigenvalue weighted by molar-refractivity contribution is 7.98. The van der Waals surface area contributed by atoms with Crippen LogP contribution < -0.4 is 5.32 Å². The van der Waals surface area contributed by atoms with Crippen LogP contribution in [0.4, 0.5) is 0 Å². The Morgan fingerprint density at radius 1 is 1.21 bits per heavy atom. The van der Waals surface area contributed by atoms with Gasteiger partial charge in [-0.1, -0.05) is 56.7 Å². The van der Waals surface area contributed by atoms with Gasteiger partial charge in [-0.3, -0.25) is 4.79 Å². The van der Waals surface area contributed by atoms with Crippen molar-refractivity contribution in [3.8, 4) is 0 Å². The molecule has 0 radical (unpaired) electrons. The molecule has 3 unspecified atom stereocenters. The number of hydrogen-bond donors (Lipinski definition) is 2. The van der Waals surface area contributed by atoms with E-state index in [1.165, 1.54) is 0 Å². The lowest BCUT2D eigenvalue weighted by atomic mass is 9.93. The largest absolute Gasteiger partial charge is 0.480 e. The van der Waals surface area contributed by atoms with Crippen LogP contribution in [0.5, 0.6) is 0 Å². The van der Waals surface area contributed by atoms with Crippen LogP contribution in [0, 0.1) is 12.8 Å². The number of thiazole rings is 1. The van der Waals surface area contributed by atoms with E-state index in [1.807, 2.05) is 56.6 Å². The van der Waals surface area contributed by atoms with Crippen molar-refractivity contribution < 1.29 is 24.2 Å². The molecule has 1 aliphatic rings. The number of carboxylic acids is 1. The number of nitrogens with zero attached hydrogens (tertiary/aromatic N) is 1. The molecule has 42 heavy (non-hydrogen) atoms. The number of allylic oxidation sites excluding steroid dienone is 2. The van der Waals surface area contributed by atoms with E-state index in [0.717, 1.165) is 45.0 Å². The zero-order valence-electron chi connectivity index (χ0n) is 25.4. The number of thioether (sulfide) groups is 1. The summed E-state index contributed by atoms with van der Waals surface area (Å²) in [5.41, 5.74) is 4.27. The summed E-state index contributed by atoms with van der Waals surface area (Å²) in [4.78, 5) is 31.1. The van der Waals surface area contributed by atoms with E-state index in [0.29, 0.717) is 49.9 Å². The summed E-state index contributed by atoms with van der Waals surface area (Å²) < 4.78 is 12.2. The number of carboxylic acid groups (broad SMARTS) is 1. The van der Waals surface area contributed by atoms with Gasteiger partial charge in [-0.15, -0.1) is 11.3 Å². The number of benzene rings is 1. The first-order valence-corrected chi connectivity index (χ1v) is 16.8. The lowest BCUT2D eigenvalue weighted by Gasteiger charge is -2.17. The van der Waals surface area contributed by atoms with Crippen LogP contribution in [0.15, 0.2) is 59.8 Å². The first kappa shape index (κ1) is 33.8. The Kier molecular flexibility index (Phi) is 14.0. The third-order valence-corrected chi connectivity index (χ3v) is 9.08. The van der Waals surface area contributed by atoms with Crippen molar-refractivity contribution in [2.24, 2.45) is 5.92 Å². The molecule has 0 aliphatic heterocycles. The Morgan fingerprint density at radius 3 is 2.69 bits per heavy atom. The maximum absolute atomic E-state index is 13.5. The zero-order chi connectivity index (χ0) is 30.5. The van der Waals surface area contributed by atoms with Crippen LogP contribution in [-0.2, 0) is 25.5 Å². The quantitative estimate of drug-likeness (QED) is 0.203. The second-order valence-corrected chi connectivity index (χ2v) is 12.6. The van der Waals surface area contributed by atoms with Crippen LogP contribution in [-0.4, -0.2) is 59.8 Å². The average Bonchev–Trinajstić information content (AvgIpc) is 3.33. The predicted octanol–water partition coefficient (Wildman–Crippen LogP) is 6.80. The summed E-state index contributed by atoms with van der Waals surface area (Å²) in [6.45, 7) is 9.79. The Morgan fingerprint density at radius 2 is 2.00 bits per heavy atom. The molecule has 0 spiro atoms. The van der Waals surface area contributed by atoms with Gasteiger partial charge in [0.05, 0.1) is 23.1 Å². The SMILES string of the molecule is CCOCC(OCC1=CCC(c2ccccc2C)=C(C(=O)NC(CCSC)C(=O)O)C=C1)c1cnc(CC(C)CC)s1. The third kappa shape index (κ3) is 9.93. The highest BCUT2D eigenvalue weighted by atomic mass is 32.2. The third-order valence-electron chi connectivity index (χ3n) is 7.32. The van der Waals surface area contributed by atoms with Crippen LogP contribution in [0.2, 0.25) is 0 Å². The molecule has 1 aromatic heterocycles. The number of aryl methyl sites for hydroxylation is 1. The Bertz CT molecular complexity index is 1280. The molecule has 7 nitrogen and oxygen atoms in total. The molecule has 0 bridgehead atoms. The maximum atomic E-state index is 13.5. The van der Waals surface area contributed by atoms with Crippen molar-refractivity contribution in [3.63, 3.8) is 0 Å². The van der Waals surface area contributed by atoms with E-state index >= 15 is 0 Å². The van der Waals surface area contributed by atoms with E-state index in [1.54, 1.807) is 29.2 Å². The standard InChI is InChI=1S/C33H44N2O5S2/c1-6-22(3)18-31-34-19-30(42-31)29(21-39-7-2)40-20-24-12-14-26(25-11-9-8-10-23(25)4)27(15-13-24)32(36)35-28(33(37)38)16-17-41-5/h8-13,15,19,22,28-29H,6-7,14,16-18,20-21H2,1-5H3,(H,35,36)(H,37,38). The van der Waals surface area contributed by atoms with Gasteiger partial charge in [-0.2, -0.15) is 11.8 Å². The van der Waals surface area contributed by atoms with Crippen molar-refractivity contribution in [1.82, 2.24) is 10.3 Å². The van der Waals surface area contributed by atoms with Crippen molar-refractivity contribution in [1.29, 1.82) is 0 Å². The first-order valence-electron chi connectivity index (χ1n) is 14.6. The van der Waals surface area contributed by atoms with Crippen molar-refractivity contribution in [2.75, 3.05) is 31.8 Å². The minimum absolute atomic E-state index is 0.245. The molecule has 0 saturated carbocycles. The Hall–Kier alpha value is -2.72. The van der Waals surface area contributed by atoms with E-state index < -0.39 is 12.0 Å². The van der Waals surface area contributed by atoms with Crippen molar-refractivity contribution in [2.45, 2.75) is 65.5 Å². The molecule has 1 aliphatic carbocycles. The summed E-state index contributed by atoms with van der Waals surface area (Å²) in [7, 11) is 0. The first-order chi connectivity index (χ1) is 20.3. The Balaban J connectivity index is 1.82. The number of nitrogens with one attached hydrogen (secondary N) is 1. The van der Waals surface area contributed by atoms with Crippen molar-refractivity contribution >= 4 is 40.5 Å². The van der Waals surface area contributed by atoms with Gasteiger partial charge in [0.15, 0.2) is 0 Å². The van der Waals surface area contributed by atoms with Crippen LogP contribution in [0.25, 0.3) is 5.57 Å². The molecule has 2 N–H and O–H groups in total. The molecular formula is C33H44N2O5S2. The minimum atomic E-state index is -1.03. The summed E-state index contributed by atoms with van der Waals surface area (Å²) in [5, 5.41) is 13.6. The maximum Gasteiger partial charge on any atom is 0.326 e. The fourth-order valence-electron chi connectivity index (χ4n) is 4.56. The van der Waals surface area contributed by atoms with Crippen molar-refractivity contribution in [3.05, 3.63) is 80.8 Å². The molecule has 0 fully saturated rings. The van der Waals surface area contributed by atoms with Gasteiger partial charge in [0.25, 0.3) is 5.91 Å². The van der Waals surface area contributed by atoms with Crippen LogP contribution in [0.1, 0.15) is 67.1 Å². The van der Waals surface area contributed by atoms with Gasteiger partial charge in [-0.05, 0) is 73.0 Å². The normalized spacial score (nSPS) is 15.6. The number of aromatic nitrogens is 1. The van der Waals surface area contributed by atoms with E-state index in [4.69, 9.17) is 9.47 Å². The Labute approximate surface area is 258 Å². The number of carbonyl (C=O) groups is 2. The lowest BCUT2D eigenvalue weighted by Crippen LogP contribution is -2.41. The topological polar surface area (TPSA) is 97.8 Å². The van der Waals surface area contributed by atoms with Gasteiger partial charge in [0, 0.05) is 24.8 Å². The molecule has 9 heteroatoms. The number of aliphatic carboxylic acids is 1. The fourth-order valence-corrected chi connectivity index (χ4v) is 6.15. The highest BCUT2D eigenvalue weighted by Gasteiger charge is 2.24. The molecule has 3 rings (SSSR count). The van der Waals surface area contributed by atoms with E-state index in [2.05, 4.69) is 30.2 Å². The number of rotatable bonds is 17. The summed E-state index contributed by atoms with van der Waals surface area (Å²) in [5.74, 6) is -0.201. The van der Waals surface area contributed by atoms with Gasteiger partial charge in [0.2, 0.25) is 0 Å². The number of ether oxygens (including phenoxy) is 2. The zero-order valence-corrected chi connectivity index (χ0v) is 27.0. The molecule has 1 amide bonds. The molecular weight excluding hydrogens is 569 g/mol. The number of amides is 1. The van der Waals surface area contributed by atoms with Crippen LogP contribution in [0.3, 0.4) is 0 Å². The monoisotopic (exact) mass is 612 g/mol. The second-order valence-electron chi connectivity index (χ2n) is 10.5. The summed E-state index contributed by atoms with van der Waals surface area (Å²) >= 11 is 3.23. The van der Waals surface area contributed by atoms with Gasteiger partial charge < -0.3 is 19.9 Å². The summed E-state index contributed by atoms with van der Waals surface area (Å²) in [6.07, 6.45) is 12.3. The molecule has 3 atom stereocenters. The molecule has 0 saturated heterocycles. The van der Waals surface area contributed by atoms with E-state index in [-0.39, 0.29) is 12.0 Å². The molecule has 2 aromatic rings. The van der Waals surface area contributed by atoms with Gasteiger partial charge in [-0.25, -0.2) is 9.78 Å². The highest BCUT2D eigenvalue weighted by Crippen LogP contribution is 2.31. The lowest BCUT2D eigenvalue weighted by molar-refractivity contribution is -0.141. The molecule has 1 aromatic carbocycles. The van der Waals surface area contributed by atoms with E-state index in [9.17, 15) is 14.7 Å². The minimum Gasteiger partial charge on any atom is -0.480 e. The number of carbonyl (C=O) groups excluding carboxylic acids is 1. The smallest absolute Gasteiger partial charge is 0.326 e. The van der Waals surface area contributed by atoms with Crippen LogP contribution >= 0.6 is 23.1 Å².